The second-order valence-electron chi connectivity index (χ2n) is 4.32. The summed E-state index contributed by atoms with van der Waals surface area (Å²) in [6.45, 7) is 2.26. The fraction of sp³-hybridized carbons (Fsp3) is 0.143. The quantitative estimate of drug-likeness (QED) is 0.625. The van der Waals surface area contributed by atoms with Crippen molar-refractivity contribution >= 4 is 38.9 Å². The Morgan fingerprint density at radius 2 is 2.05 bits per heavy atom. The molecule has 0 aliphatic rings. The van der Waals surface area contributed by atoms with Gasteiger partial charge in [-0.3, -0.25) is 10.1 Å². The smallest absolute Gasteiger partial charge is 0.273 e. The van der Waals surface area contributed by atoms with Crippen LogP contribution in [-0.4, -0.2) is 4.92 Å². The van der Waals surface area contributed by atoms with Crippen LogP contribution >= 0.6 is 27.5 Å². The highest BCUT2D eigenvalue weighted by Gasteiger charge is 2.14. The molecule has 0 atom stereocenters. The van der Waals surface area contributed by atoms with E-state index in [9.17, 15) is 10.1 Å². The molecule has 0 radical (unpaired) electrons. The summed E-state index contributed by atoms with van der Waals surface area (Å²) in [6, 6.07) is 10.8. The van der Waals surface area contributed by atoms with Crippen molar-refractivity contribution in [2.75, 3.05) is 5.32 Å². The molecule has 0 fully saturated rings. The van der Waals surface area contributed by atoms with Crippen molar-refractivity contribution < 1.29 is 4.92 Å². The van der Waals surface area contributed by atoms with Crippen molar-refractivity contribution in [2.45, 2.75) is 13.5 Å². The average molecular weight is 356 g/mol. The van der Waals surface area contributed by atoms with Crippen LogP contribution in [0.5, 0.6) is 0 Å². The van der Waals surface area contributed by atoms with Gasteiger partial charge in [-0.1, -0.05) is 29.8 Å². The summed E-state index contributed by atoms with van der Waals surface area (Å²) in [4.78, 5) is 10.5. The summed E-state index contributed by atoms with van der Waals surface area (Å²) >= 11 is 9.43. The zero-order valence-electron chi connectivity index (χ0n) is 10.7. The molecule has 0 aliphatic heterocycles. The van der Waals surface area contributed by atoms with Gasteiger partial charge in [0.15, 0.2) is 0 Å². The number of nitro benzene ring substituents is 1. The predicted octanol–water partition coefficient (Wildman–Crippen LogP) is 4.93. The number of anilines is 1. The Morgan fingerprint density at radius 1 is 1.35 bits per heavy atom. The first-order chi connectivity index (χ1) is 9.49. The lowest BCUT2D eigenvalue weighted by molar-refractivity contribution is -0.385. The van der Waals surface area contributed by atoms with E-state index in [0.29, 0.717) is 21.6 Å². The van der Waals surface area contributed by atoms with E-state index in [0.717, 1.165) is 11.3 Å². The maximum Gasteiger partial charge on any atom is 0.273 e. The van der Waals surface area contributed by atoms with Crippen molar-refractivity contribution in [3.63, 3.8) is 0 Å². The molecule has 0 aliphatic carbocycles. The third-order valence-corrected chi connectivity index (χ3v) is 3.93. The number of hydrogen-bond donors (Lipinski definition) is 1. The molecule has 0 heterocycles. The molecule has 6 heteroatoms. The maximum absolute atomic E-state index is 10.9. The van der Waals surface area contributed by atoms with Crippen LogP contribution in [0.4, 0.5) is 11.4 Å². The molecule has 4 nitrogen and oxygen atoms in total. The summed E-state index contributed by atoms with van der Waals surface area (Å²) in [7, 11) is 0. The van der Waals surface area contributed by atoms with Crippen molar-refractivity contribution in [3.8, 4) is 0 Å². The minimum absolute atomic E-state index is 0.0974. The molecular formula is C14H12BrClN2O2. The van der Waals surface area contributed by atoms with Gasteiger partial charge in [0, 0.05) is 33.4 Å². The van der Waals surface area contributed by atoms with Crippen molar-refractivity contribution in [3.05, 3.63) is 67.1 Å². The standard InChI is InChI=1S/C14H12BrClN2O2/c1-9-6-13(11(15)7-14(9)18(19)20)17-8-10-4-2-3-5-12(10)16/h2-7,17H,8H2,1H3. The first-order valence-electron chi connectivity index (χ1n) is 5.91. The van der Waals surface area contributed by atoms with E-state index in [1.165, 1.54) is 6.07 Å². The fourth-order valence-electron chi connectivity index (χ4n) is 1.84. The molecule has 0 spiro atoms. The first kappa shape index (κ1) is 14.8. The molecule has 0 amide bonds. The van der Waals surface area contributed by atoms with Gasteiger partial charge in [0.05, 0.1) is 4.92 Å². The number of rotatable bonds is 4. The van der Waals surface area contributed by atoms with Crippen LogP contribution in [-0.2, 0) is 6.54 Å². The molecule has 2 aromatic carbocycles. The third kappa shape index (κ3) is 3.29. The molecule has 0 bridgehead atoms. The van der Waals surface area contributed by atoms with E-state index in [1.54, 1.807) is 13.0 Å². The van der Waals surface area contributed by atoms with Gasteiger partial charge >= 0.3 is 0 Å². The highest BCUT2D eigenvalue weighted by atomic mass is 79.9. The van der Waals surface area contributed by atoms with Gasteiger partial charge < -0.3 is 5.32 Å². The van der Waals surface area contributed by atoms with Gasteiger partial charge in [-0.15, -0.1) is 0 Å². The monoisotopic (exact) mass is 354 g/mol. The van der Waals surface area contributed by atoms with Crippen LogP contribution in [0.1, 0.15) is 11.1 Å². The maximum atomic E-state index is 10.9. The Kier molecular flexibility index (Phi) is 4.62. The topological polar surface area (TPSA) is 55.2 Å². The van der Waals surface area contributed by atoms with Gasteiger partial charge in [0.1, 0.15) is 0 Å². The van der Waals surface area contributed by atoms with Gasteiger partial charge in [0.25, 0.3) is 5.69 Å². The number of benzene rings is 2. The van der Waals surface area contributed by atoms with E-state index >= 15 is 0 Å². The number of aryl methyl sites for hydroxylation is 1. The molecule has 104 valence electrons. The van der Waals surface area contributed by atoms with E-state index in [1.807, 2.05) is 24.3 Å². The van der Waals surface area contributed by atoms with E-state index in [-0.39, 0.29) is 5.69 Å². The van der Waals surface area contributed by atoms with Crippen LogP contribution in [0.15, 0.2) is 40.9 Å². The minimum Gasteiger partial charge on any atom is -0.380 e. The molecule has 0 saturated carbocycles. The summed E-state index contributed by atoms with van der Waals surface area (Å²) in [5.74, 6) is 0. The van der Waals surface area contributed by atoms with Gasteiger partial charge in [0.2, 0.25) is 0 Å². The second-order valence-corrected chi connectivity index (χ2v) is 5.58. The highest BCUT2D eigenvalue weighted by Crippen LogP contribution is 2.31. The Balaban J connectivity index is 2.21. The van der Waals surface area contributed by atoms with Crippen molar-refractivity contribution in [1.29, 1.82) is 0 Å². The largest absolute Gasteiger partial charge is 0.380 e. The Bertz CT molecular complexity index is 662. The third-order valence-electron chi connectivity index (χ3n) is 2.91. The first-order valence-corrected chi connectivity index (χ1v) is 7.08. The minimum atomic E-state index is -0.391. The van der Waals surface area contributed by atoms with Crippen LogP contribution in [0.2, 0.25) is 5.02 Å². The number of nitro groups is 1. The lowest BCUT2D eigenvalue weighted by atomic mass is 10.1. The SMILES string of the molecule is Cc1cc(NCc2ccccc2Cl)c(Br)cc1[N+](=O)[O-]. The molecule has 0 saturated heterocycles. The van der Waals surface area contributed by atoms with Crippen LogP contribution in [0.3, 0.4) is 0 Å². The average Bonchev–Trinajstić information content (AvgIpc) is 2.40. The van der Waals surface area contributed by atoms with E-state index < -0.39 is 4.92 Å². The molecule has 0 aromatic heterocycles. The number of halogens is 2. The fourth-order valence-corrected chi connectivity index (χ4v) is 2.51. The van der Waals surface area contributed by atoms with Gasteiger partial charge in [-0.2, -0.15) is 0 Å². The molecule has 2 aromatic rings. The van der Waals surface area contributed by atoms with Crippen LogP contribution in [0, 0.1) is 17.0 Å². The molecule has 2 rings (SSSR count). The van der Waals surface area contributed by atoms with Crippen LogP contribution < -0.4 is 5.32 Å². The molecule has 1 N–H and O–H groups in total. The zero-order chi connectivity index (χ0) is 14.7. The summed E-state index contributed by atoms with van der Waals surface area (Å²) < 4.78 is 0.654. The number of nitrogens with one attached hydrogen (secondary N) is 1. The predicted molar refractivity (Wildman–Crippen MR) is 84.3 cm³/mol. The summed E-state index contributed by atoms with van der Waals surface area (Å²) in [5.41, 5.74) is 2.48. The van der Waals surface area contributed by atoms with Gasteiger partial charge in [-0.05, 0) is 40.5 Å². The number of nitrogens with zero attached hydrogens (tertiary/aromatic N) is 1. The molecule has 0 unspecified atom stereocenters. The van der Waals surface area contributed by atoms with Crippen LogP contribution in [0.25, 0.3) is 0 Å². The zero-order valence-corrected chi connectivity index (χ0v) is 13.0. The second kappa shape index (κ2) is 6.24. The lowest BCUT2D eigenvalue weighted by Crippen LogP contribution is -2.02. The highest BCUT2D eigenvalue weighted by molar-refractivity contribution is 9.10. The normalized spacial score (nSPS) is 10.3. The Morgan fingerprint density at radius 3 is 2.70 bits per heavy atom. The van der Waals surface area contributed by atoms with Crippen molar-refractivity contribution in [1.82, 2.24) is 0 Å². The Hall–Kier alpha value is -1.59. The summed E-state index contributed by atoms with van der Waals surface area (Å²) in [6.07, 6.45) is 0. The van der Waals surface area contributed by atoms with Crippen molar-refractivity contribution in [2.24, 2.45) is 0 Å². The summed E-state index contributed by atoms with van der Waals surface area (Å²) in [5, 5.41) is 14.8. The molecule has 20 heavy (non-hydrogen) atoms. The number of hydrogen-bond acceptors (Lipinski definition) is 3. The molecular weight excluding hydrogens is 344 g/mol. The van der Waals surface area contributed by atoms with E-state index in [2.05, 4.69) is 21.2 Å². The van der Waals surface area contributed by atoms with Gasteiger partial charge in [-0.25, -0.2) is 0 Å². The lowest BCUT2D eigenvalue weighted by Gasteiger charge is -2.11. The van der Waals surface area contributed by atoms with E-state index in [4.69, 9.17) is 11.6 Å². The Labute approximate surface area is 130 Å².